The summed E-state index contributed by atoms with van der Waals surface area (Å²) in [6.45, 7) is 1.15. The quantitative estimate of drug-likeness (QED) is 0.305. The summed E-state index contributed by atoms with van der Waals surface area (Å²) in [5.41, 5.74) is 8.36. The van der Waals surface area contributed by atoms with Crippen LogP contribution in [0, 0.1) is 5.92 Å². The fourth-order valence-corrected chi connectivity index (χ4v) is 5.46. The Morgan fingerprint density at radius 2 is 1.69 bits per heavy atom. The van der Waals surface area contributed by atoms with Gasteiger partial charge in [-0.2, -0.15) is 9.61 Å². The molecule has 0 fully saturated rings. The zero-order valence-electron chi connectivity index (χ0n) is 21.8. The number of nitrogens with zero attached hydrogens (tertiary/aromatic N) is 3. The first-order chi connectivity index (χ1) is 19.0. The van der Waals surface area contributed by atoms with Gasteiger partial charge in [0, 0.05) is 41.9 Å². The van der Waals surface area contributed by atoms with Crippen molar-refractivity contribution in [1.82, 2.24) is 19.9 Å². The molecule has 194 valence electrons. The fourth-order valence-electron chi connectivity index (χ4n) is 5.23. The normalized spacial score (nSPS) is 14.6. The molecule has 1 aliphatic rings. The van der Waals surface area contributed by atoms with Gasteiger partial charge in [0.05, 0.1) is 5.69 Å². The summed E-state index contributed by atoms with van der Waals surface area (Å²) < 4.78 is 1.82. The van der Waals surface area contributed by atoms with Crippen molar-refractivity contribution >= 4 is 42.3 Å². The Balaban J connectivity index is 1.10. The topological polar surface area (TPSA) is 71.3 Å². The van der Waals surface area contributed by atoms with Crippen LogP contribution >= 0.6 is 11.6 Å². The van der Waals surface area contributed by atoms with E-state index in [0.29, 0.717) is 18.1 Å². The zero-order valence-corrected chi connectivity index (χ0v) is 22.6. The van der Waals surface area contributed by atoms with E-state index in [1.807, 2.05) is 48.9 Å². The standard InChI is InChI=1S/C31H29BClN5O/c32-26-19-36-38-29(16-28(37-30(26)38)25-7-3-4-8-27(25)33)34-17-20-9-11-21(12-10-20)18-35-31(39)24-14-13-22-5-1-2-6-23(22)15-24/h1-12,16,19,24,34H,13-15,17-18,32H2,(H,35,39). The minimum absolute atomic E-state index is 0.0437. The van der Waals surface area contributed by atoms with Crippen molar-refractivity contribution in [2.75, 3.05) is 5.32 Å². The van der Waals surface area contributed by atoms with Crippen LogP contribution in [0.2, 0.25) is 5.02 Å². The van der Waals surface area contributed by atoms with Crippen LogP contribution in [0.25, 0.3) is 16.9 Å². The number of halogens is 1. The molecule has 2 heterocycles. The SMILES string of the molecule is Bc1cnn2c(NCc3ccc(CNC(=O)C4CCc5ccccc5C4)cc3)cc(-c3ccccc3Cl)nc12. The van der Waals surface area contributed by atoms with Crippen molar-refractivity contribution in [2.24, 2.45) is 5.92 Å². The van der Waals surface area contributed by atoms with E-state index in [9.17, 15) is 4.79 Å². The number of hydrogen-bond donors (Lipinski definition) is 2. The minimum Gasteiger partial charge on any atom is -0.366 e. The van der Waals surface area contributed by atoms with Crippen LogP contribution in [0.15, 0.2) is 85.1 Å². The number of benzene rings is 3. The molecule has 0 bridgehead atoms. The summed E-state index contributed by atoms with van der Waals surface area (Å²) in [5, 5.41) is 11.8. The number of aromatic nitrogens is 3. The summed E-state index contributed by atoms with van der Waals surface area (Å²) in [7, 11) is 2.00. The Kier molecular flexibility index (Phi) is 7.07. The van der Waals surface area contributed by atoms with Gasteiger partial charge in [0.2, 0.25) is 5.91 Å². The maximum atomic E-state index is 12.8. The lowest BCUT2D eigenvalue weighted by Crippen LogP contribution is -2.33. The minimum atomic E-state index is 0.0437. The van der Waals surface area contributed by atoms with Crippen LogP contribution in [0.5, 0.6) is 0 Å². The Morgan fingerprint density at radius 3 is 2.49 bits per heavy atom. The highest BCUT2D eigenvalue weighted by molar-refractivity contribution is 6.36. The Hall–Kier alpha value is -4.10. The summed E-state index contributed by atoms with van der Waals surface area (Å²) in [6.07, 6.45) is 4.52. The van der Waals surface area contributed by atoms with Gasteiger partial charge in [-0.05, 0) is 53.0 Å². The number of rotatable bonds is 7. The van der Waals surface area contributed by atoms with Crippen LogP contribution in [0.1, 0.15) is 28.7 Å². The molecule has 0 radical (unpaired) electrons. The van der Waals surface area contributed by atoms with Crippen molar-refractivity contribution in [3.63, 3.8) is 0 Å². The van der Waals surface area contributed by atoms with Crippen LogP contribution in [0.4, 0.5) is 5.82 Å². The van der Waals surface area contributed by atoms with Gasteiger partial charge in [-0.1, -0.05) is 78.3 Å². The third-order valence-electron chi connectivity index (χ3n) is 7.48. The summed E-state index contributed by atoms with van der Waals surface area (Å²) in [5.74, 6) is 1.02. The van der Waals surface area contributed by atoms with Gasteiger partial charge in [-0.15, -0.1) is 0 Å². The lowest BCUT2D eigenvalue weighted by molar-refractivity contribution is -0.125. The number of amides is 1. The number of fused-ring (bicyclic) bond motifs is 2. The molecule has 0 aliphatic heterocycles. The van der Waals surface area contributed by atoms with Crippen molar-refractivity contribution in [3.05, 3.63) is 112 Å². The molecular weight excluding hydrogens is 505 g/mol. The van der Waals surface area contributed by atoms with E-state index in [4.69, 9.17) is 16.6 Å². The van der Waals surface area contributed by atoms with E-state index in [1.165, 1.54) is 11.1 Å². The second kappa shape index (κ2) is 10.9. The van der Waals surface area contributed by atoms with E-state index in [2.05, 4.69) is 64.3 Å². The second-order valence-corrected chi connectivity index (χ2v) is 10.6. The Labute approximate surface area is 233 Å². The maximum absolute atomic E-state index is 12.8. The van der Waals surface area contributed by atoms with Gasteiger partial charge >= 0.3 is 0 Å². The summed E-state index contributed by atoms with van der Waals surface area (Å²) in [6, 6.07) is 26.5. The van der Waals surface area contributed by atoms with E-state index in [1.54, 1.807) is 0 Å². The molecule has 1 aliphatic carbocycles. The van der Waals surface area contributed by atoms with Crippen molar-refractivity contribution in [1.29, 1.82) is 0 Å². The Bertz CT molecular complexity index is 1650. The molecule has 6 rings (SSSR count). The molecule has 5 aromatic rings. The molecule has 2 N–H and O–H groups in total. The van der Waals surface area contributed by atoms with Crippen LogP contribution in [0.3, 0.4) is 0 Å². The third-order valence-corrected chi connectivity index (χ3v) is 7.81. The number of nitrogens with one attached hydrogen (secondary N) is 2. The average Bonchev–Trinajstić information content (AvgIpc) is 3.35. The van der Waals surface area contributed by atoms with E-state index < -0.39 is 0 Å². The molecule has 1 amide bonds. The molecule has 2 aromatic heterocycles. The van der Waals surface area contributed by atoms with Crippen LogP contribution in [-0.4, -0.2) is 28.4 Å². The van der Waals surface area contributed by atoms with E-state index in [-0.39, 0.29) is 11.8 Å². The predicted octanol–water partition coefficient (Wildman–Crippen LogP) is 4.34. The number of carbonyl (C=O) groups excluding carboxylic acids is 1. The molecule has 8 heteroatoms. The molecule has 6 nitrogen and oxygen atoms in total. The lowest BCUT2D eigenvalue weighted by Gasteiger charge is -2.23. The number of hydrogen-bond acceptors (Lipinski definition) is 4. The lowest BCUT2D eigenvalue weighted by atomic mass is 9.83. The highest BCUT2D eigenvalue weighted by Crippen LogP contribution is 2.29. The third kappa shape index (κ3) is 5.41. The molecule has 1 atom stereocenters. The second-order valence-electron chi connectivity index (χ2n) is 10.2. The smallest absolute Gasteiger partial charge is 0.223 e. The molecule has 1 unspecified atom stereocenters. The van der Waals surface area contributed by atoms with E-state index in [0.717, 1.165) is 58.6 Å². The van der Waals surface area contributed by atoms with Gasteiger partial charge in [-0.25, -0.2) is 4.98 Å². The summed E-state index contributed by atoms with van der Waals surface area (Å²) in [4.78, 5) is 17.6. The van der Waals surface area contributed by atoms with Gasteiger partial charge in [0.1, 0.15) is 13.7 Å². The first-order valence-electron chi connectivity index (χ1n) is 13.3. The largest absolute Gasteiger partial charge is 0.366 e. The molecule has 0 saturated heterocycles. The summed E-state index contributed by atoms with van der Waals surface area (Å²) >= 11 is 6.46. The van der Waals surface area contributed by atoms with E-state index >= 15 is 0 Å². The molecule has 0 saturated carbocycles. The zero-order chi connectivity index (χ0) is 26.8. The molecular formula is C31H29BClN5O. The monoisotopic (exact) mass is 533 g/mol. The highest BCUT2D eigenvalue weighted by Gasteiger charge is 2.24. The average molecular weight is 534 g/mol. The van der Waals surface area contributed by atoms with Gasteiger partial charge in [0.15, 0.2) is 5.65 Å². The molecule has 0 spiro atoms. The van der Waals surface area contributed by atoms with Crippen molar-refractivity contribution in [3.8, 4) is 11.3 Å². The number of aryl methyl sites for hydroxylation is 1. The van der Waals surface area contributed by atoms with Crippen molar-refractivity contribution in [2.45, 2.75) is 32.4 Å². The Morgan fingerprint density at radius 1 is 0.974 bits per heavy atom. The van der Waals surface area contributed by atoms with Crippen LogP contribution < -0.4 is 16.1 Å². The number of anilines is 1. The maximum Gasteiger partial charge on any atom is 0.223 e. The molecule has 3 aromatic carbocycles. The first kappa shape index (κ1) is 25.2. The predicted molar refractivity (Wildman–Crippen MR) is 159 cm³/mol. The fraction of sp³-hybridized carbons (Fsp3) is 0.194. The van der Waals surface area contributed by atoms with Gasteiger partial charge in [0.25, 0.3) is 0 Å². The van der Waals surface area contributed by atoms with Crippen LogP contribution in [-0.2, 0) is 30.7 Å². The highest BCUT2D eigenvalue weighted by atomic mass is 35.5. The van der Waals surface area contributed by atoms with Crippen molar-refractivity contribution < 1.29 is 4.79 Å². The van der Waals surface area contributed by atoms with Gasteiger partial charge < -0.3 is 10.6 Å². The first-order valence-corrected chi connectivity index (χ1v) is 13.7. The van der Waals surface area contributed by atoms with Gasteiger partial charge in [-0.3, -0.25) is 4.79 Å². The number of carbonyl (C=O) groups is 1. The molecule has 39 heavy (non-hydrogen) atoms.